The van der Waals surface area contributed by atoms with Gasteiger partial charge in [-0.3, -0.25) is 0 Å². The van der Waals surface area contributed by atoms with Crippen molar-refractivity contribution in [2.45, 2.75) is 132 Å². The summed E-state index contributed by atoms with van der Waals surface area (Å²) in [5.41, 5.74) is 6.03. The second kappa shape index (κ2) is 26.9. The van der Waals surface area contributed by atoms with Crippen LogP contribution in [0.3, 0.4) is 0 Å². The van der Waals surface area contributed by atoms with Crippen LogP contribution in [0.5, 0.6) is 11.5 Å². The van der Waals surface area contributed by atoms with E-state index < -0.39 is 0 Å². The molecule has 0 heterocycles. The van der Waals surface area contributed by atoms with Crippen LogP contribution in [0.25, 0.3) is 0 Å². The van der Waals surface area contributed by atoms with E-state index in [1.807, 2.05) is 0 Å². The van der Waals surface area contributed by atoms with Crippen LogP contribution in [-0.2, 0) is 73.7 Å². The van der Waals surface area contributed by atoms with Crippen LogP contribution in [0, 0.1) is 0 Å². The standard InChI is InChI=1S/2C20H36N2O.2C2H5O.2Zn/c2*1-19(2,3)16-12-15(14-22(9)11-10-21(7)8)18(23)17(13-16)20(4,5)6;2*1-2-3;;/h2*12-13,23H,10-11,14H2,1-9H3;2*2H2,1H3;;/q;;2*-1;2*+2/p-2. The molecule has 8 nitrogen and oxygen atoms in total. The number of rotatable bonds is 10. The normalized spacial score (nSPS) is 11.9. The molecule has 0 aliphatic carbocycles. The van der Waals surface area contributed by atoms with E-state index in [4.69, 9.17) is 10.2 Å². The van der Waals surface area contributed by atoms with Gasteiger partial charge in [-0.05, 0) is 97.3 Å². The summed E-state index contributed by atoms with van der Waals surface area (Å²) in [7, 11) is 12.5. The Balaban J connectivity index is -0.000000391. The molecule has 2 aromatic carbocycles. The van der Waals surface area contributed by atoms with Crippen molar-refractivity contribution in [3.8, 4) is 11.5 Å². The van der Waals surface area contributed by atoms with Crippen molar-refractivity contribution in [3.05, 3.63) is 57.6 Å². The summed E-state index contributed by atoms with van der Waals surface area (Å²) in [5, 5.41) is 43.7. The molecular formula is C44H80N4O4Zn2. The van der Waals surface area contributed by atoms with Gasteiger partial charge < -0.3 is 40.0 Å². The smallest absolute Gasteiger partial charge is 0.872 e. The van der Waals surface area contributed by atoms with Crippen LogP contribution in [0.4, 0.5) is 0 Å². The molecule has 0 aliphatic heterocycles. The van der Waals surface area contributed by atoms with Crippen molar-refractivity contribution in [2.75, 3.05) is 81.7 Å². The second-order valence-corrected chi connectivity index (χ2v) is 18.7. The van der Waals surface area contributed by atoms with Crippen molar-refractivity contribution in [1.82, 2.24) is 19.6 Å². The fourth-order valence-electron chi connectivity index (χ4n) is 5.07. The molecule has 0 fully saturated rings. The predicted octanol–water partition coefficient (Wildman–Crippen LogP) is 5.43. The minimum absolute atomic E-state index is 0. The van der Waals surface area contributed by atoms with Gasteiger partial charge in [0.1, 0.15) is 0 Å². The van der Waals surface area contributed by atoms with E-state index >= 15 is 0 Å². The molecule has 0 aromatic heterocycles. The van der Waals surface area contributed by atoms with Gasteiger partial charge in [-0.1, -0.05) is 121 Å². The minimum atomic E-state index is -0.130. The van der Waals surface area contributed by atoms with Gasteiger partial charge >= 0.3 is 39.0 Å². The van der Waals surface area contributed by atoms with Crippen molar-refractivity contribution >= 4 is 0 Å². The minimum Gasteiger partial charge on any atom is -0.872 e. The first-order valence-electron chi connectivity index (χ1n) is 19.0. The van der Waals surface area contributed by atoms with Crippen LogP contribution in [0.1, 0.15) is 130 Å². The van der Waals surface area contributed by atoms with Gasteiger partial charge in [0.05, 0.1) is 0 Å². The average molecular weight is 860 g/mol. The molecule has 0 radical (unpaired) electrons. The third-order valence-corrected chi connectivity index (χ3v) is 8.42. The van der Waals surface area contributed by atoms with Crippen molar-refractivity contribution < 1.29 is 59.4 Å². The molecule has 0 saturated carbocycles. The average Bonchev–Trinajstić information content (AvgIpc) is 2.96. The van der Waals surface area contributed by atoms with Crippen LogP contribution in [-0.4, -0.2) is 101 Å². The summed E-state index contributed by atoms with van der Waals surface area (Å²) in [6, 6.07) is 8.46. The SMILES string of the molecule is CC[O-].CC[O-].CN(C)CCN(C)Cc1cc(C(C)(C)C)cc(C(C)(C)C)c1[O-].CN(C)CCN(C)Cc1cc(C(C)(C)C)cc(C(C)(C)C)c1[O-].[Zn+2].[Zn+2]. The van der Waals surface area contributed by atoms with E-state index in [-0.39, 0.29) is 85.3 Å². The van der Waals surface area contributed by atoms with Gasteiger partial charge in [0, 0.05) is 39.3 Å². The Morgan fingerprint density at radius 2 is 0.685 bits per heavy atom. The van der Waals surface area contributed by atoms with E-state index in [1.54, 1.807) is 13.8 Å². The molecule has 0 N–H and O–H groups in total. The molecule has 0 amide bonds. The predicted molar refractivity (Wildman–Crippen MR) is 217 cm³/mol. The zero-order chi connectivity index (χ0) is 41.4. The van der Waals surface area contributed by atoms with E-state index in [0.29, 0.717) is 13.1 Å². The summed E-state index contributed by atoms with van der Waals surface area (Å²) in [6.45, 7) is 34.4. The molecule has 0 saturated heterocycles. The largest absolute Gasteiger partial charge is 2.00 e. The number of hydrogen-bond acceptors (Lipinski definition) is 8. The molecule has 0 spiro atoms. The topological polar surface area (TPSA) is 105 Å². The fraction of sp³-hybridized carbons (Fsp3) is 0.727. The maximum Gasteiger partial charge on any atom is 2.00 e. The van der Waals surface area contributed by atoms with Gasteiger partial charge in [-0.2, -0.15) is 0 Å². The Morgan fingerprint density at radius 1 is 0.444 bits per heavy atom. The molecule has 0 unspecified atom stereocenters. The number of likely N-dealkylation sites (N-methyl/N-ethyl adjacent to an activating group) is 4. The van der Waals surface area contributed by atoms with Crippen molar-refractivity contribution in [3.63, 3.8) is 0 Å². The molecule has 0 bridgehead atoms. The van der Waals surface area contributed by atoms with Gasteiger partial charge in [-0.25, -0.2) is 0 Å². The molecule has 0 aliphatic rings. The Labute approximate surface area is 359 Å². The molecule has 2 aromatic rings. The van der Waals surface area contributed by atoms with Crippen LogP contribution in [0.15, 0.2) is 24.3 Å². The number of benzene rings is 2. The summed E-state index contributed by atoms with van der Waals surface area (Å²) in [6.07, 6.45) is 0. The summed E-state index contributed by atoms with van der Waals surface area (Å²) >= 11 is 0. The molecular weight excluding hydrogens is 779 g/mol. The van der Waals surface area contributed by atoms with Gasteiger partial charge in [0.2, 0.25) is 0 Å². The van der Waals surface area contributed by atoms with E-state index in [2.05, 4.69) is 169 Å². The first kappa shape index (κ1) is 59.7. The Hall–Kier alpha value is -0.953. The Kier molecular flexibility index (Phi) is 29.7. The number of hydrogen-bond donors (Lipinski definition) is 0. The fourth-order valence-corrected chi connectivity index (χ4v) is 5.07. The van der Waals surface area contributed by atoms with Crippen LogP contribution >= 0.6 is 0 Å². The van der Waals surface area contributed by atoms with E-state index in [9.17, 15) is 10.2 Å². The quantitative estimate of drug-likeness (QED) is 0.292. The van der Waals surface area contributed by atoms with Gasteiger partial charge in [0.25, 0.3) is 0 Å². The monoisotopic (exact) mass is 856 g/mol. The summed E-state index contributed by atoms with van der Waals surface area (Å²) < 4.78 is 0. The van der Waals surface area contributed by atoms with Gasteiger partial charge in [-0.15, -0.1) is 24.7 Å². The van der Waals surface area contributed by atoms with E-state index in [1.165, 1.54) is 11.1 Å². The van der Waals surface area contributed by atoms with Crippen LogP contribution < -0.4 is 20.4 Å². The third kappa shape index (κ3) is 24.0. The molecule has 0 atom stereocenters. The van der Waals surface area contributed by atoms with Crippen molar-refractivity contribution in [2.24, 2.45) is 0 Å². The van der Waals surface area contributed by atoms with Crippen LogP contribution in [0.2, 0.25) is 0 Å². The Bertz CT molecular complexity index is 1190. The first-order chi connectivity index (χ1) is 23.5. The van der Waals surface area contributed by atoms with Crippen molar-refractivity contribution in [1.29, 1.82) is 0 Å². The first-order valence-corrected chi connectivity index (χ1v) is 19.0. The molecule has 10 heteroatoms. The summed E-state index contributed by atoms with van der Waals surface area (Å²) in [5.74, 6) is 0.421. The zero-order valence-electron chi connectivity index (χ0n) is 38.8. The zero-order valence-corrected chi connectivity index (χ0v) is 44.7. The molecule has 304 valence electrons. The molecule has 54 heavy (non-hydrogen) atoms. The third-order valence-electron chi connectivity index (χ3n) is 8.42. The maximum absolute atomic E-state index is 12.9. The number of nitrogens with zero attached hydrogens (tertiary/aromatic N) is 4. The Morgan fingerprint density at radius 3 is 0.870 bits per heavy atom. The second-order valence-electron chi connectivity index (χ2n) is 18.7. The van der Waals surface area contributed by atoms with Gasteiger partial charge in [0.15, 0.2) is 0 Å². The molecule has 2 rings (SSSR count). The summed E-state index contributed by atoms with van der Waals surface area (Å²) in [4.78, 5) is 8.80. The van der Waals surface area contributed by atoms with E-state index in [0.717, 1.165) is 48.4 Å². The maximum atomic E-state index is 12.9.